The number of aryl methyl sites for hydroxylation is 2. The largest absolute Gasteiger partial charge is 0.310 e. The molecule has 0 saturated carbocycles. The monoisotopic (exact) mass is 517 g/mol. The van der Waals surface area contributed by atoms with Crippen LogP contribution < -0.4 is 4.90 Å². The Morgan fingerprint density at radius 3 is 2.14 bits per heavy atom. The van der Waals surface area contributed by atoms with Gasteiger partial charge >= 0.3 is 0 Å². The minimum Gasteiger partial charge on any atom is -0.310 e. The van der Waals surface area contributed by atoms with Gasteiger partial charge in [0, 0.05) is 15.6 Å². The van der Waals surface area contributed by atoms with Crippen molar-refractivity contribution < 1.29 is 0 Å². The van der Waals surface area contributed by atoms with Crippen molar-refractivity contribution >= 4 is 43.8 Å². The van der Waals surface area contributed by atoms with Crippen molar-refractivity contribution in [3.8, 4) is 11.1 Å². The molecular formula is C33H28BrN. The van der Waals surface area contributed by atoms with Crippen molar-refractivity contribution in [3.05, 3.63) is 124 Å². The van der Waals surface area contributed by atoms with E-state index in [-0.39, 0.29) is 5.41 Å². The molecular weight excluding hydrogens is 490 g/mol. The highest BCUT2D eigenvalue weighted by Gasteiger charge is 2.37. The Balaban J connectivity index is 1.63. The van der Waals surface area contributed by atoms with Crippen LogP contribution in [0.1, 0.15) is 36.1 Å². The van der Waals surface area contributed by atoms with Crippen LogP contribution in [0.25, 0.3) is 21.9 Å². The Bertz CT molecular complexity index is 1610. The first-order valence-corrected chi connectivity index (χ1v) is 12.9. The van der Waals surface area contributed by atoms with E-state index in [1.807, 2.05) is 0 Å². The molecule has 35 heavy (non-hydrogen) atoms. The van der Waals surface area contributed by atoms with Crippen LogP contribution in [0.2, 0.25) is 0 Å². The number of halogens is 1. The first-order chi connectivity index (χ1) is 16.8. The van der Waals surface area contributed by atoms with Gasteiger partial charge in [-0.1, -0.05) is 84.4 Å². The zero-order valence-electron chi connectivity index (χ0n) is 20.6. The molecule has 5 aromatic rings. The summed E-state index contributed by atoms with van der Waals surface area (Å²) in [4.78, 5) is 2.45. The summed E-state index contributed by atoms with van der Waals surface area (Å²) in [5.74, 6) is 0. The van der Waals surface area contributed by atoms with E-state index in [0.717, 1.165) is 4.47 Å². The first-order valence-electron chi connectivity index (χ1n) is 12.1. The molecule has 0 atom stereocenters. The van der Waals surface area contributed by atoms with Crippen LogP contribution in [-0.4, -0.2) is 0 Å². The number of anilines is 3. The second-order valence-corrected chi connectivity index (χ2v) is 11.1. The lowest BCUT2D eigenvalue weighted by atomic mass is 9.72. The second kappa shape index (κ2) is 8.10. The van der Waals surface area contributed by atoms with Crippen molar-refractivity contribution in [2.75, 3.05) is 4.90 Å². The van der Waals surface area contributed by atoms with E-state index in [1.54, 1.807) is 0 Å². The number of rotatable bonds is 2. The number of para-hydroxylation sites is 1. The van der Waals surface area contributed by atoms with Gasteiger partial charge in [-0.2, -0.15) is 0 Å². The molecule has 5 aromatic carbocycles. The minimum absolute atomic E-state index is 0.116. The van der Waals surface area contributed by atoms with Gasteiger partial charge in [0.25, 0.3) is 0 Å². The van der Waals surface area contributed by atoms with E-state index >= 15 is 0 Å². The molecule has 1 heterocycles. The molecule has 0 spiro atoms. The molecule has 2 heteroatoms. The van der Waals surface area contributed by atoms with Gasteiger partial charge in [-0.15, -0.1) is 0 Å². The fraction of sp³-hybridized carbons (Fsp3) is 0.152. The van der Waals surface area contributed by atoms with Crippen LogP contribution >= 0.6 is 15.9 Å². The molecule has 0 amide bonds. The Morgan fingerprint density at radius 2 is 1.31 bits per heavy atom. The zero-order chi connectivity index (χ0) is 24.3. The topological polar surface area (TPSA) is 3.24 Å². The number of hydrogen-bond acceptors (Lipinski definition) is 1. The molecule has 0 saturated heterocycles. The lowest BCUT2D eigenvalue weighted by molar-refractivity contribution is 0.632. The van der Waals surface area contributed by atoms with Crippen LogP contribution in [-0.2, 0) is 5.41 Å². The lowest BCUT2D eigenvalue weighted by Crippen LogP contribution is -2.30. The van der Waals surface area contributed by atoms with E-state index in [1.165, 1.54) is 61.2 Å². The van der Waals surface area contributed by atoms with Crippen molar-refractivity contribution in [3.63, 3.8) is 0 Å². The second-order valence-electron chi connectivity index (χ2n) is 10.2. The Hall–Kier alpha value is -3.36. The van der Waals surface area contributed by atoms with Crippen molar-refractivity contribution in [2.45, 2.75) is 33.1 Å². The van der Waals surface area contributed by atoms with Crippen LogP contribution in [0.4, 0.5) is 17.1 Å². The minimum atomic E-state index is -0.116. The maximum Gasteiger partial charge on any atom is 0.0505 e. The summed E-state index contributed by atoms with van der Waals surface area (Å²) >= 11 is 3.61. The van der Waals surface area contributed by atoms with E-state index in [9.17, 15) is 0 Å². The standard InChI is InChI=1S/C33H28BrN/c1-21-9-5-6-10-27(21)28-20-30-32(17-22(28)2)35(31-12-8-7-11-29(31)33(30,3)4)26-16-14-23-18-25(34)15-13-24(23)19-26/h5-20H,1-4H3. The van der Waals surface area contributed by atoms with Crippen LogP contribution in [0.15, 0.2) is 102 Å². The normalized spacial score (nSPS) is 14.0. The molecule has 0 aromatic heterocycles. The Morgan fingerprint density at radius 1 is 0.600 bits per heavy atom. The number of nitrogens with zero attached hydrogens (tertiary/aromatic N) is 1. The fourth-order valence-electron chi connectivity index (χ4n) is 5.64. The number of hydrogen-bond donors (Lipinski definition) is 0. The molecule has 0 unspecified atom stereocenters. The van der Waals surface area contributed by atoms with E-state index in [0.29, 0.717) is 0 Å². The smallest absolute Gasteiger partial charge is 0.0505 e. The summed E-state index contributed by atoms with van der Waals surface area (Å²) in [5, 5.41) is 2.47. The summed E-state index contributed by atoms with van der Waals surface area (Å²) in [6.45, 7) is 9.16. The maximum absolute atomic E-state index is 3.61. The summed E-state index contributed by atoms with van der Waals surface area (Å²) < 4.78 is 1.10. The van der Waals surface area contributed by atoms with Crippen LogP contribution in [0.3, 0.4) is 0 Å². The van der Waals surface area contributed by atoms with E-state index in [2.05, 4.69) is 146 Å². The third-order valence-corrected chi connectivity index (χ3v) is 8.05. The molecule has 0 aliphatic carbocycles. The van der Waals surface area contributed by atoms with E-state index < -0.39 is 0 Å². The molecule has 0 radical (unpaired) electrons. The highest BCUT2D eigenvalue weighted by molar-refractivity contribution is 9.10. The molecule has 0 fully saturated rings. The van der Waals surface area contributed by atoms with Gasteiger partial charge in [0.2, 0.25) is 0 Å². The third kappa shape index (κ3) is 3.51. The molecule has 0 N–H and O–H groups in total. The third-order valence-electron chi connectivity index (χ3n) is 7.55. The van der Waals surface area contributed by atoms with Gasteiger partial charge in [0.1, 0.15) is 0 Å². The van der Waals surface area contributed by atoms with Gasteiger partial charge in [0.15, 0.2) is 0 Å². The predicted molar refractivity (Wildman–Crippen MR) is 153 cm³/mol. The quantitative estimate of drug-likeness (QED) is 0.225. The van der Waals surface area contributed by atoms with Gasteiger partial charge in [-0.05, 0) is 100 Å². The Kier molecular flexibility index (Phi) is 5.12. The number of benzene rings is 5. The predicted octanol–water partition coefficient (Wildman–Crippen LogP) is 10.00. The summed E-state index contributed by atoms with van der Waals surface area (Å²) in [5.41, 5.74) is 11.5. The molecule has 1 aliphatic rings. The average molecular weight is 518 g/mol. The number of fused-ring (bicyclic) bond motifs is 3. The maximum atomic E-state index is 3.61. The zero-order valence-corrected chi connectivity index (χ0v) is 22.1. The SMILES string of the molecule is Cc1ccccc1-c1cc2c(cc1C)N(c1ccc3cc(Br)ccc3c1)c1ccccc1C2(C)C. The van der Waals surface area contributed by atoms with Crippen molar-refractivity contribution in [1.29, 1.82) is 0 Å². The molecule has 6 rings (SSSR count). The van der Waals surface area contributed by atoms with Crippen molar-refractivity contribution in [1.82, 2.24) is 0 Å². The molecule has 172 valence electrons. The Labute approximate surface area is 216 Å². The van der Waals surface area contributed by atoms with Gasteiger partial charge < -0.3 is 4.90 Å². The fourth-order valence-corrected chi connectivity index (χ4v) is 6.02. The average Bonchev–Trinajstić information content (AvgIpc) is 2.84. The first kappa shape index (κ1) is 22.1. The molecule has 0 bridgehead atoms. The van der Waals surface area contributed by atoms with E-state index in [4.69, 9.17) is 0 Å². The van der Waals surface area contributed by atoms with Crippen LogP contribution in [0, 0.1) is 13.8 Å². The highest BCUT2D eigenvalue weighted by atomic mass is 79.9. The highest BCUT2D eigenvalue weighted by Crippen LogP contribution is 2.53. The molecule has 1 nitrogen and oxygen atoms in total. The van der Waals surface area contributed by atoms with Gasteiger partial charge in [-0.3, -0.25) is 0 Å². The van der Waals surface area contributed by atoms with Crippen molar-refractivity contribution in [2.24, 2.45) is 0 Å². The lowest BCUT2D eigenvalue weighted by Gasteiger charge is -2.42. The van der Waals surface area contributed by atoms with Gasteiger partial charge in [-0.25, -0.2) is 0 Å². The summed E-state index contributed by atoms with van der Waals surface area (Å²) in [6.07, 6.45) is 0. The summed E-state index contributed by atoms with van der Waals surface area (Å²) in [6, 6.07) is 35.7. The molecule has 1 aliphatic heterocycles. The summed E-state index contributed by atoms with van der Waals surface area (Å²) in [7, 11) is 0. The van der Waals surface area contributed by atoms with Crippen LogP contribution in [0.5, 0.6) is 0 Å². The van der Waals surface area contributed by atoms with Gasteiger partial charge in [0.05, 0.1) is 11.4 Å².